The van der Waals surface area contributed by atoms with Crippen molar-refractivity contribution >= 4 is 5.78 Å². The Morgan fingerprint density at radius 1 is 1.45 bits per heavy atom. The van der Waals surface area contributed by atoms with Gasteiger partial charge in [0.1, 0.15) is 5.78 Å². The minimum Gasteiger partial charge on any atom is -0.298 e. The van der Waals surface area contributed by atoms with Crippen LogP contribution in [0.4, 0.5) is 0 Å². The van der Waals surface area contributed by atoms with E-state index in [1.54, 1.807) is 6.92 Å². The number of hydrogen-bond donors (Lipinski definition) is 0. The molecule has 2 nitrogen and oxygen atoms in total. The molecule has 0 N–H and O–H groups in total. The molecule has 11 heavy (non-hydrogen) atoms. The van der Waals surface area contributed by atoms with Crippen LogP contribution in [-0.2, 0) is 4.79 Å². The number of nitrogens with zero attached hydrogens (tertiary/aromatic N) is 1. The number of hydrogen-bond acceptors (Lipinski definition) is 2. The maximum atomic E-state index is 11.2. The Morgan fingerprint density at radius 2 is 2.00 bits per heavy atom. The first-order valence-electron chi connectivity index (χ1n) is 4.24. The molecule has 64 valence electrons. The Hall–Kier alpha value is -0.370. The number of likely N-dealkylation sites (N-methyl/N-ethyl adjacent to an activating group) is 1. The molecule has 2 heteroatoms. The smallest absolute Gasteiger partial charge is 0.147 e. The normalized spacial score (nSPS) is 39.5. The average Bonchev–Trinajstić information content (AvgIpc) is 2.07. The Kier molecular flexibility index (Phi) is 2.33. The molecule has 1 saturated heterocycles. The summed E-state index contributed by atoms with van der Waals surface area (Å²) in [6.07, 6.45) is 0. The number of carbonyl (C=O) groups is 1. The van der Waals surface area contributed by atoms with Crippen LogP contribution in [0.15, 0.2) is 0 Å². The third kappa shape index (κ3) is 1.45. The Morgan fingerprint density at radius 3 is 2.18 bits per heavy atom. The first kappa shape index (κ1) is 8.72. The molecular formula is C9H17NO. The highest BCUT2D eigenvalue weighted by Crippen LogP contribution is 2.27. The van der Waals surface area contributed by atoms with Crippen molar-refractivity contribution < 1.29 is 4.79 Å². The topological polar surface area (TPSA) is 20.3 Å². The van der Waals surface area contributed by atoms with Gasteiger partial charge in [0.2, 0.25) is 0 Å². The summed E-state index contributed by atoms with van der Waals surface area (Å²) in [5.41, 5.74) is 0. The Balaban J connectivity index is 2.71. The molecule has 3 unspecified atom stereocenters. The molecule has 0 amide bonds. The fourth-order valence-electron chi connectivity index (χ4n) is 2.13. The van der Waals surface area contributed by atoms with Gasteiger partial charge in [-0.1, -0.05) is 13.8 Å². The number of ketones is 1. The van der Waals surface area contributed by atoms with E-state index in [4.69, 9.17) is 0 Å². The lowest BCUT2D eigenvalue weighted by Gasteiger charge is -2.19. The molecule has 0 aromatic heterocycles. The molecule has 0 saturated carbocycles. The van der Waals surface area contributed by atoms with Gasteiger partial charge in [-0.25, -0.2) is 0 Å². The molecule has 0 aromatic carbocycles. The van der Waals surface area contributed by atoms with Gasteiger partial charge in [0.05, 0.1) is 6.04 Å². The van der Waals surface area contributed by atoms with Crippen molar-refractivity contribution in [2.45, 2.75) is 26.8 Å². The van der Waals surface area contributed by atoms with Crippen LogP contribution in [0.1, 0.15) is 20.8 Å². The van der Waals surface area contributed by atoms with E-state index < -0.39 is 0 Å². The molecule has 1 fully saturated rings. The van der Waals surface area contributed by atoms with E-state index in [1.165, 1.54) is 0 Å². The van der Waals surface area contributed by atoms with Crippen LogP contribution in [-0.4, -0.2) is 30.3 Å². The van der Waals surface area contributed by atoms with E-state index in [0.29, 0.717) is 17.6 Å². The van der Waals surface area contributed by atoms with E-state index in [2.05, 4.69) is 18.7 Å². The lowest BCUT2D eigenvalue weighted by Crippen LogP contribution is -2.34. The maximum Gasteiger partial charge on any atom is 0.147 e. The quantitative estimate of drug-likeness (QED) is 0.566. The minimum absolute atomic E-state index is 0.171. The van der Waals surface area contributed by atoms with E-state index in [0.717, 1.165) is 6.54 Å². The van der Waals surface area contributed by atoms with E-state index in [1.807, 2.05) is 7.05 Å². The molecule has 1 aliphatic rings. The van der Waals surface area contributed by atoms with Crippen molar-refractivity contribution in [1.82, 2.24) is 4.90 Å². The molecule has 1 aliphatic heterocycles. The summed E-state index contributed by atoms with van der Waals surface area (Å²) in [7, 11) is 2.03. The standard InChI is InChI=1S/C9H17NO/c1-6-5-10(4)9(7(6)2)8(3)11/h6-7,9H,5H2,1-4H3. The molecule has 0 radical (unpaired) electrons. The minimum atomic E-state index is 0.171. The summed E-state index contributed by atoms with van der Waals surface area (Å²) >= 11 is 0. The number of likely N-dealkylation sites (tertiary alicyclic amines) is 1. The largest absolute Gasteiger partial charge is 0.298 e. The monoisotopic (exact) mass is 155 g/mol. The Labute approximate surface area is 68.6 Å². The van der Waals surface area contributed by atoms with Crippen LogP contribution in [0.5, 0.6) is 0 Å². The second-order valence-corrected chi connectivity index (χ2v) is 3.83. The van der Waals surface area contributed by atoms with Crippen LogP contribution in [0, 0.1) is 11.8 Å². The van der Waals surface area contributed by atoms with Crippen molar-refractivity contribution in [2.24, 2.45) is 11.8 Å². The molecule has 1 rings (SSSR count). The summed E-state index contributed by atoms with van der Waals surface area (Å²) in [4.78, 5) is 13.3. The zero-order valence-corrected chi connectivity index (χ0v) is 7.79. The fourth-order valence-corrected chi connectivity index (χ4v) is 2.13. The molecule has 0 bridgehead atoms. The number of rotatable bonds is 1. The summed E-state index contributed by atoms with van der Waals surface area (Å²) in [6, 6.07) is 0.171. The van der Waals surface area contributed by atoms with Gasteiger partial charge < -0.3 is 0 Å². The van der Waals surface area contributed by atoms with Gasteiger partial charge in [-0.3, -0.25) is 9.69 Å². The van der Waals surface area contributed by atoms with E-state index >= 15 is 0 Å². The molecule has 0 spiro atoms. The van der Waals surface area contributed by atoms with Gasteiger partial charge in [0.25, 0.3) is 0 Å². The van der Waals surface area contributed by atoms with Crippen molar-refractivity contribution in [3.8, 4) is 0 Å². The van der Waals surface area contributed by atoms with Crippen LogP contribution < -0.4 is 0 Å². The van der Waals surface area contributed by atoms with Gasteiger partial charge in [0, 0.05) is 6.54 Å². The van der Waals surface area contributed by atoms with Crippen molar-refractivity contribution in [3.63, 3.8) is 0 Å². The van der Waals surface area contributed by atoms with E-state index in [-0.39, 0.29) is 6.04 Å². The summed E-state index contributed by atoms with van der Waals surface area (Å²) in [5, 5.41) is 0. The zero-order chi connectivity index (χ0) is 8.59. The van der Waals surface area contributed by atoms with Crippen LogP contribution in [0.25, 0.3) is 0 Å². The van der Waals surface area contributed by atoms with Gasteiger partial charge in [-0.15, -0.1) is 0 Å². The highest BCUT2D eigenvalue weighted by molar-refractivity contribution is 5.82. The summed E-state index contributed by atoms with van der Waals surface area (Å²) < 4.78 is 0. The molecule has 1 heterocycles. The second kappa shape index (κ2) is 2.94. The summed E-state index contributed by atoms with van der Waals surface area (Å²) in [6.45, 7) is 7.13. The predicted molar refractivity (Wildman–Crippen MR) is 45.4 cm³/mol. The van der Waals surface area contributed by atoms with E-state index in [9.17, 15) is 4.79 Å². The first-order chi connectivity index (χ1) is 5.04. The zero-order valence-electron chi connectivity index (χ0n) is 7.79. The lowest BCUT2D eigenvalue weighted by molar-refractivity contribution is -0.121. The predicted octanol–water partition coefficient (Wildman–Crippen LogP) is 1.16. The molecule has 0 aromatic rings. The van der Waals surface area contributed by atoms with Crippen molar-refractivity contribution in [2.75, 3.05) is 13.6 Å². The molecule has 3 atom stereocenters. The number of carbonyl (C=O) groups excluding carboxylic acids is 1. The Bertz CT molecular complexity index is 167. The molecular weight excluding hydrogens is 138 g/mol. The maximum absolute atomic E-state index is 11.2. The summed E-state index contributed by atoms with van der Waals surface area (Å²) in [5.74, 6) is 1.50. The van der Waals surface area contributed by atoms with Crippen LogP contribution >= 0.6 is 0 Å². The van der Waals surface area contributed by atoms with Crippen molar-refractivity contribution in [1.29, 1.82) is 0 Å². The fraction of sp³-hybridized carbons (Fsp3) is 0.889. The highest BCUT2D eigenvalue weighted by Gasteiger charge is 2.36. The van der Waals surface area contributed by atoms with Crippen LogP contribution in [0.3, 0.4) is 0 Å². The third-order valence-electron chi connectivity index (χ3n) is 2.86. The number of Topliss-reactive ketones (excluding diaryl/α,β-unsaturated/α-hetero) is 1. The first-order valence-corrected chi connectivity index (χ1v) is 4.24. The molecule has 0 aliphatic carbocycles. The SMILES string of the molecule is CC(=O)C1C(C)C(C)CN1C. The average molecular weight is 155 g/mol. The van der Waals surface area contributed by atoms with Crippen molar-refractivity contribution in [3.05, 3.63) is 0 Å². The van der Waals surface area contributed by atoms with Gasteiger partial charge in [0.15, 0.2) is 0 Å². The third-order valence-corrected chi connectivity index (χ3v) is 2.86. The van der Waals surface area contributed by atoms with Gasteiger partial charge in [-0.05, 0) is 25.8 Å². The lowest BCUT2D eigenvalue weighted by atomic mass is 9.92. The van der Waals surface area contributed by atoms with Gasteiger partial charge in [-0.2, -0.15) is 0 Å². The van der Waals surface area contributed by atoms with Gasteiger partial charge >= 0.3 is 0 Å². The highest BCUT2D eigenvalue weighted by atomic mass is 16.1. The van der Waals surface area contributed by atoms with Crippen LogP contribution in [0.2, 0.25) is 0 Å². The second-order valence-electron chi connectivity index (χ2n) is 3.83.